The SMILES string of the molecule is CC[C@@H](O)CN(CCCOC)Cc1ccco1. The first-order valence-corrected chi connectivity index (χ1v) is 6.18. The number of hydrogen-bond acceptors (Lipinski definition) is 4. The normalized spacial score (nSPS) is 13.2. The van der Waals surface area contributed by atoms with Crippen LogP contribution in [-0.2, 0) is 11.3 Å². The summed E-state index contributed by atoms with van der Waals surface area (Å²) in [6.07, 6.45) is 3.15. The molecule has 1 rings (SSSR count). The van der Waals surface area contributed by atoms with Gasteiger partial charge in [0.2, 0.25) is 0 Å². The maximum atomic E-state index is 9.71. The molecule has 0 spiro atoms. The minimum atomic E-state index is -0.271. The maximum Gasteiger partial charge on any atom is 0.117 e. The minimum absolute atomic E-state index is 0.271. The van der Waals surface area contributed by atoms with Gasteiger partial charge in [-0.25, -0.2) is 0 Å². The smallest absolute Gasteiger partial charge is 0.117 e. The highest BCUT2D eigenvalue weighted by Crippen LogP contribution is 2.07. The van der Waals surface area contributed by atoms with Crippen molar-refractivity contribution in [3.8, 4) is 0 Å². The quantitative estimate of drug-likeness (QED) is 0.671. The van der Waals surface area contributed by atoms with Crippen LogP contribution in [0.25, 0.3) is 0 Å². The van der Waals surface area contributed by atoms with E-state index in [0.717, 1.165) is 38.3 Å². The largest absolute Gasteiger partial charge is 0.468 e. The number of methoxy groups -OCH3 is 1. The van der Waals surface area contributed by atoms with Gasteiger partial charge >= 0.3 is 0 Å². The first-order valence-electron chi connectivity index (χ1n) is 6.18. The first-order chi connectivity index (χ1) is 8.26. The van der Waals surface area contributed by atoms with Gasteiger partial charge in [-0.1, -0.05) is 6.92 Å². The lowest BCUT2D eigenvalue weighted by Gasteiger charge is -2.23. The monoisotopic (exact) mass is 241 g/mol. The molecule has 1 aromatic heterocycles. The van der Waals surface area contributed by atoms with Crippen molar-refractivity contribution in [1.82, 2.24) is 4.90 Å². The molecule has 1 atom stereocenters. The van der Waals surface area contributed by atoms with Crippen LogP contribution in [0.15, 0.2) is 22.8 Å². The first kappa shape index (κ1) is 14.2. The average Bonchev–Trinajstić information content (AvgIpc) is 2.82. The lowest BCUT2D eigenvalue weighted by Crippen LogP contribution is -2.33. The third-order valence-electron chi connectivity index (χ3n) is 2.72. The van der Waals surface area contributed by atoms with Crippen LogP contribution in [0.4, 0.5) is 0 Å². The van der Waals surface area contributed by atoms with E-state index in [9.17, 15) is 5.11 Å². The molecule has 0 radical (unpaired) electrons. The average molecular weight is 241 g/mol. The van der Waals surface area contributed by atoms with Crippen LogP contribution < -0.4 is 0 Å². The Kier molecular flexibility index (Phi) is 6.93. The second-order valence-electron chi connectivity index (χ2n) is 4.22. The molecule has 98 valence electrons. The molecule has 17 heavy (non-hydrogen) atoms. The Morgan fingerprint density at radius 1 is 1.53 bits per heavy atom. The molecular weight excluding hydrogens is 218 g/mol. The van der Waals surface area contributed by atoms with Crippen LogP contribution in [0.1, 0.15) is 25.5 Å². The van der Waals surface area contributed by atoms with Gasteiger partial charge in [0.25, 0.3) is 0 Å². The van der Waals surface area contributed by atoms with Crippen molar-refractivity contribution in [3.05, 3.63) is 24.2 Å². The fourth-order valence-electron chi connectivity index (χ4n) is 1.72. The molecule has 4 heteroatoms. The standard InChI is InChI=1S/C13H23NO3/c1-3-12(15)10-14(7-5-8-16-2)11-13-6-4-9-17-13/h4,6,9,12,15H,3,5,7-8,10-11H2,1-2H3/t12-/m1/s1. The predicted octanol–water partition coefficient (Wildman–Crippen LogP) is 1.89. The molecule has 0 unspecified atom stereocenters. The van der Waals surface area contributed by atoms with Crippen molar-refractivity contribution < 1.29 is 14.3 Å². The van der Waals surface area contributed by atoms with Gasteiger partial charge in [-0.05, 0) is 25.0 Å². The number of ether oxygens (including phenoxy) is 1. The van der Waals surface area contributed by atoms with Crippen molar-refractivity contribution in [2.45, 2.75) is 32.4 Å². The van der Waals surface area contributed by atoms with Crippen molar-refractivity contribution in [3.63, 3.8) is 0 Å². The highest BCUT2D eigenvalue weighted by Gasteiger charge is 2.11. The van der Waals surface area contributed by atoms with Gasteiger partial charge in [-0.3, -0.25) is 4.90 Å². The van der Waals surface area contributed by atoms with E-state index in [1.54, 1.807) is 13.4 Å². The Bertz CT molecular complexity index is 274. The molecule has 1 heterocycles. The topological polar surface area (TPSA) is 45.8 Å². The fraction of sp³-hybridized carbons (Fsp3) is 0.692. The number of aliphatic hydroxyl groups excluding tert-OH is 1. The van der Waals surface area contributed by atoms with Gasteiger partial charge in [-0.15, -0.1) is 0 Å². The zero-order valence-corrected chi connectivity index (χ0v) is 10.8. The van der Waals surface area contributed by atoms with E-state index in [1.807, 2.05) is 19.1 Å². The number of nitrogens with zero attached hydrogens (tertiary/aromatic N) is 1. The molecule has 0 bridgehead atoms. The Hall–Kier alpha value is -0.840. The summed E-state index contributed by atoms with van der Waals surface area (Å²) in [7, 11) is 1.71. The summed E-state index contributed by atoms with van der Waals surface area (Å²) in [5, 5.41) is 9.71. The zero-order chi connectivity index (χ0) is 12.5. The molecule has 0 saturated heterocycles. The molecule has 0 fully saturated rings. The lowest BCUT2D eigenvalue weighted by atomic mass is 10.2. The van der Waals surface area contributed by atoms with Crippen molar-refractivity contribution in [2.75, 3.05) is 26.8 Å². The molecule has 0 aliphatic carbocycles. The van der Waals surface area contributed by atoms with Crippen LogP contribution in [0.2, 0.25) is 0 Å². The summed E-state index contributed by atoms with van der Waals surface area (Å²) >= 11 is 0. The third-order valence-corrected chi connectivity index (χ3v) is 2.72. The van der Waals surface area contributed by atoms with Gasteiger partial charge in [0.15, 0.2) is 0 Å². The Morgan fingerprint density at radius 2 is 2.35 bits per heavy atom. The van der Waals surface area contributed by atoms with Crippen LogP contribution in [0.3, 0.4) is 0 Å². The van der Waals surface area contributed by atoms with Crippen molar-refractivity contribution in [1.29, 1.82) is 0 Å². The molecule has 0 amide bonds. The highest BCUT2D eigenvalue weighted by atomic mass is 16.5. The Morgan fingerprint density at radius 3 is 2.94 bits per heavy atom. The van der Waals surface area contributed by atoms with E-state index in [4.69, 9.17) is 9.15 Å². The number of furan rings is 1. The molecule has 0 saturated carbocycles. The highest BCUT2D eigenvalue weighted by molar-refractivity contribution is 4.97. The molecular formula is C13H23NO3. The van der Waals surface area contributed by atoms with Crippen LogP contribution in [-0.4, -0.2) is 42.9 Å². The van der Waals surface area contributed by atoms with Crippen LogP contribution in [0.5, 0.6) is 0 Å². The zero-order valence-electron chi connectivity index (χ0n) is 10.8. The van der Waals surface area contributed by atoms with Gasteiger partial charge < -0.3 is 14.3 Å². The summed E-state index contributed by atoms with van der Waals surface area (Å²) < 4.78 is 10.4. The maximum absolute atomic E-state index is 9.71. The summed E-state index contributed by atoms with van der Waals surface area (Å²) in [4.78, 5) is 2.20. The Balaban J connectivity index is 2.40. The van der Waals surface area contributed by atoms with Crippen molar-refractivity contribution in [2.24, 2.45) is 0 Å². The second-order valence-corrected chi connectivity index (χ2v) is 4.22. The Labute approximate surface area is 103 Å². The molecule has 0 aliphatic heterocycles. The van der Waals surface area contributed by atoms with E-state index in [0.29, 0.717) is 6.54 Å². The third kappa shape index (κ3) is 5.86. The van der Waals surface area contributed by atoms with Crippen molar-refractivity contribution >= 4 is 0 Å². The second kappa shape index (κ2) is 8.28. The summed E-state index contributed by atoms with van der Waals surface area (Å²) in [5.74, 6) is 0.936. The van der Waals surface area contributed by atoms with E-state index < -0.39 is 0 Å². The fourth-order valence-corrected chi connectivity index (χ4v) is 1.72. The summed E-state index contributed by atoms with van der Waals surface area (Å²) in [5.41, 5.74) is 0. The lowest BCUT2D eigenvalue weighted by molar-refractivity contribution is 0.0930. The molecule has 1 aromatic rings. The van der Waals surface area contributed by atoms with Crippen LogP contribution in [0, 0.1) is 0 Å². The summed E-state index contributed by atoms with van der Waals surface area (Å²) in [6, 6.07) is 3.85. The predicted molar refractivity (Wildman–Crippen MR) is 66.8 cm³/mol. The molecule has 0 aromatic carbocycles. The number of hydrogen-bond donors (Lipinski definition) is 1. The van der Waals surface area contributed by atoms with E-state index in [1.165, 1.54) is 0 Å². The molecule has 0 aliphatic rings. The molecule has 4 nitrogen and oxygen atoms in total. The molecule has 1 N–H and O–H groups in total. The number of rotatable bonds is 9. The van der Waals surface area contributed by atoms with Crippen LogP contribution >= 0.6 is 0 Å². The summed E-state index contributed by atoms with van der Waals surface area (Å²) in [6.45, 7) is 5.07. The van der Waals surface area contributed by atoms with Gasteiger partial charge in [-0.2, -0.15) is 0 Å². The number of aliphatic hydroxyl groups is 1. The van der Waals surface area contributed by atoms with Gasteiger partial charge in [0.05, 0.1) is 18.9 Å². The van der Waals surface area contributed by atoms with E-state index in [2.05, 4.69) is 4.90 Å². The van der Waals surface area contributed by atoms with Gasteiger partial charge in [0.1, 0.15) is 5.76 Å². The minimum Gasteiger partial charge on any atom is -0.468 e. The van der Waals surface area contributed by atoms with E-state index >= 15 is 0 Å². The van der Waals surface area contributed by atoms with E-state index in [-0.39, 0.29) is 6.10 Å². The van der Waals surface area contributed by atoms with Gasteiger partial charge in [0, 0.05) is 26.8 Å².